The molecule has 7 heteroatoms. The molecule has 1 fully saturated rings. The molecule has 6 nitrogen and oxygen atoms in total. The highest BCUT2D eigenvalue weighted by molar-refractivity contribution is 7.86. The van der Waals surface area contributed by atoms with E-state index in [0.29, 0.717) is 13.0 Å². The van der Waals surface area contributed by atoms with Gasteiger partial charge in [0.15, 0.2) is 0 Å². The van der Waals surface area contributed by atoms with E-state index in [1.807, 2.05) is 0 Å². The van der Waals surface area contributed by atoms with Crippen LogP contribution in [0.3, 0.4) is 0 Å². The van der Waals surface area contributed by atoms with Crippen molar-refractivity contribution in [3.63, 3.8) is 0 Å². The molecule has 1 rings (SSSR count). The molecule has 1 heterocycles. The van der Waals surface area contributed by atoms with E-state index < -0.39 is 16.4 Å². The van der Waals surface area contributed by atoms with E-state index in [9.17, 15) is 13.2 Å². The Kier molecular flexibility index (Phi) is 3.98. The molecule has 0 aliphatic carbocycles. The maximum absolute atomic E-state index is 11.8. The lowest BCUT2D eigenvalue weighted by Gasteiger charge is -2.32. The first-order valence-electron chi connectivity index (χ1n) is 4.76. The molecule has 1 aliphatic heterocycles. The summed E-state index contributed by atoms with van der Waals surface area (Å²) in [5, 5.41) is 0. The third-order valence-corrected chi connectivity index (χ3v) is 4.32. The Labute approximate surface area is 89.8 Å². The number of rotatable bonds is 3. The van der Waals surface area contributed by atoms with Crippen LogP contribution >= 0.6 is 0 Å². The minimum Gasteiger partial charge on any atom is -0.211 e. The summed E-state index contributed by atoms with van der Waals surface area (Å²) in [4.78, 5) is 13.7. The molecular weight excluding hydrogens is 218 g/mol. The SMILES string of the molecule is CN(C)S(=O)(=O)N1CCCCC1N=C=O. The monoisotopic (exact) mass is 233 g/mol. The summed E-state index contributed by atoms with van der Waals surface area (Å²) >= 11 is 0. The normalized spacial score (nSPS) is 23.8. The van der Waals surface area contributed by atoms with Crippen LogP contribution in [-0.2, 0) is 15.0 Å². The lowest BCUT2D eigenvalue weighted by Crippen LogP contribution is -2.47. The van der Waals surface area contributed by atoms with E-state index in [4.69, 9.17) is 0 Å². The number of carbonyl (C=O) groups excluding carboxylic acids is 1. The Morgan fingerprint density at radius 2 is 2.07 bits per heavy atom. The quantitative estimate of drug-likeness (QED) is 0.506. The van der Waals surface area contributed by atoms with Crippen molar-refractivity contribution >= 4 is 16.3 Å². The van der Waals surface area contributed by atoms with Crippen LogP contribution in [0.5, 0.6) is 0 Å². The minimum absolute atomic E-state index is 0.413. The molecule has 15 heavy (non-hydrogen) atoms. The van der Waals surface area contributed by atoms with Gasteiger partial charge in [0.05, 0.1) is 0 Å². The van der Waals surface area contributed by atoms with E-state index in [2.05, 4.69) is 4.99 Å². The summed E-state index contributed by atoms with van der Waals surface area (Å²) in [6.07, 6.45) is 3.12. The van der Waals surface area contributed by atoms with E-state index in [0.717, 1.165) is 17.1 Å². The molecule has 0 spiro atoms. The molecule has 0 aromatic rings. The predicted molar refractivity (Wildman–Crippen MR) is 55.1 cm³/mol. The Balaban J connectivity index is 2.95. The molecule has 0 amide bonds. The fourth-order valence-corrected chi connectivity index (χ4v) is 2.80. The third-order valence-electron chi connectivity index (χ3n) is 2.38. The number of aliphatic imine (C=N–C) groups is 1. The lowest BCUT2D eigenvalue weighted by molar-refractivity contribution is 0.246. The zero-order valence-electron chi connectivity index (χ0n) is 8.88. The van der Waals surface area contributed by atoms with Gasteiger partial charge in [0.2, 0.25) is 6.08 Å². The summed E-state index contributed by atoms with van der Waals surface area (Å²) in [7, 11) is -0.549. The second-order valence-electron chi connectivity index (χ2n) is 3.60. The predicted octanol–water partition coefficient (Wildman–Crippen LogP) is -0.0594. The Morgan fingerprint density at radius 3 is 2.60 bits per heavy atom. The summed E-state index contributed by atoms with van der Waals surface area (Å²) in [6.45, 7) is 0.413. The molecule has 1 aliphatic rings. The van der Waals surface area contributed by atoms with Crippen LogP contribution in [0.4, 0.5) is 0 Å². The van der Waals surface area contributed by atoms with Crippen LogP contribution < -0.4 is 0 Å². The highest BCUT2D eigenvalue weighted by Crippen LogP contribution is 2.21. The molecule has 0 radical (unpaired) electrons. The molecule has 0 bridgehead atoms. The van der Waals surface area contributed by atoms with Crippen molar-refractivity contribution in [2.75, 3.05) is 20.6 Å². The Bertz CT molecular complexity index is 359. The van der Waals surface area contributed by atoms with Crippen molar-refractivity contribution in [3.05, 3.63) is 0 Å². The fraction of sp³-hybridized carbons (Fsp3) is 0.875. The van der Waals surface area contributed by atoms with Crippen LogP contribution in [0.25, 0.3) is 0 Å². The molecule has 0 aromatic carbocycles. The molecule has 0 N–H and O–H groups in total. The number of isocyanates is 1. The maximum Gasteiger partial charge on any atom is 0.283 e. The van der Waals surface area contributed by atoms with Gasteiger partial charge in [-0.3, -0.25) is 0 Å². The number of hydrogen-bond acceptors (Lipinski definition) is 4. The van der Waals surface area contributed by atoms with Gasteiger partial charge in [-0.25, -0.2) is 4.79 Å². The van der Waals surface area contributed by atoms with Crippen molar-refractivity contribution in [2.24, 2.45) is 4.99 Å². The summed E-state index contributed by atoms with van der Waals surface area (Å²) in [6, 6.07) is 0. The largest absolute Gasteiger partial charge is 0.283 e. The van der Waals surface area contributed by atoms with E-state index in [1.165, 1.54) is 24.5 Å². The smallest absolute Gasteiger partial charge is 0.211 e. The van der Waals surface area contributed by atoms with Gasteiger partial charge in [0.25, 0.3) is 10.2 Å². The average Bonchev–Trinajstić information content (AvgIpc) is 2.18. The van der Waals surface area contributed by atoms with Crippen LogP contribution in [0.15, 0.2) is 4.99 Å². The summed E-state index contributed by atoms with van der Waals surface area (Å²) in [5.74, 6) is 0. The lowest BCUT2D eigenvalue weighted by atomic mass is 10.1. The zero-order valence-corrected chi connectivity index (χ0v) is 9.70. The van der Waals surface area contributed by atoms with E-state index in [-0.39, 0.29) is 0 Å². The van der Waals surface area contributed by atoms with Crippen molar-refractivity contribution in [3.8, 4) is 0 Å². The van der Waals surface area contributed by atoms with Gasteiger partial charge in [-0.15, -0.1) is 0 Å². The standard InChI is InChI=1S/C8H15N3O3S/c1-10(2)15(13,14)11-6-4-3-5-8(11)9-7-12/h8H,3-6H2,1-2H3. The maximum atomic E-state index is 11.8. The Morgan fingerprint density at radius 1 is 1.40 bits per heavy atom. The average molecular weight is 233 g/mol. The van der Waals surface area contributed by atoms with Gasteiger partial charge < -0.3 is 0 Å². The van der Waals surface area contributed by atoms with Gasteiger partial charge in [-0.1, -0.05) is 0 Å². The van der Waals surface area contributed by atoms with Gasteiger partial charge in [-0.05, 0) is 19.3 Å². The molecule has 1 unspecified atom stereocenters. The number of nitrogens with zero attached hydrogens (tertiary/aromatic N) is 3. The summed E-state index contributed by atoms with van der Waals surface area (Å²) < 4.78 is 26.0. The molecule has 0 aromatic heterocycles. The summed E-state index contributed by atoms with van der Waals surface area (Å²) in [5.41, 5.74) is 0. The first-order chi connectivity index (χ1) is 7.00. The van der Waals surface area contributed by atoms with Crippen LogP contribution in [-0.4, -0.2) is 49.9 Å². The fourth-order valence-electron chi connectivity index (χ4n) is 1.56. The first kappa shape index (κ1) is 12.3. The highest BCUT2D eigenvalue weighted by Gasteiger charge is 2.33. The molecule has 1 saturated heterocycles. The van der Waals surface area contributed by atoms with Crippen molar-refractivity contribution < 1.29 is 13.2 Å². The minimum atomic E-state index is -3.48. The van der Waals surface area contributed by atoms with Gasteiger partial charge >= 0.3 is 0 Å². The molecule has 86 valence electrons. The van der Waals surface area contributed by atoms with Crippen LogP contribution in [0, 0.1) is 0 Å². The highest BCUT2D eigenvalue weighted by atomic mass is 32.2. The van der Waals surface area contributed by atoms with E-state index >= 15 is 0 Å². The van der Waals surface area contributed by atoms with E-state index in [1.54, 1.807) is 0 Å². The molecule has 1 atom stereocenters. The topological polar surface area (TPSA) is 70.1 Å². The zero-order chi connectivity index (χ0) is 11.5. The van der Waals surface area contributed by atoms with Gasteiger partial charge in [-0.2, -0.15) is 22.0 Å². The first-order valence-corrected chi connectivity index (χ1v) is 6.16. The van der Waals surface area contributed by atoms with Crippen LogP contribution in [0.2, 0.25) is 0 Å². The second kappa shape index (κ2) is 4.85. The molecular formula is C8H15N3O3S. The van der Waals surface area contributed by atoms with Crippen molar-refractivity contribution in [2.45, 2.75) is 25.4 Å². The number of hydrogen-bond donors (Lipinski definition) is 0. The van der Waals surface area contributed by atoms with Crippen molar-refractivity contribution in [1.29, 1.82) is 0 Å². The molecule has 0 saturated carbocycles. The van der Waals surface area contributed by atoms with Gasteiger partial charge in [0.1, 0.15) is 6.17 Å². The third kappa shape index (κ3) is 2.63. The van der Waals surface area contributed by atoms with Crippen molar-refractivity contribution in [1.82, 2.24) is 8.61 Å². The van der Waals surface area contributed by atoms with Gasteiger partial charge in [0, 0.05) is 20.6 Å². The van der Waals surface area contributed by atoms with Crippen LogP contribution in [0.1, 0.15) is 19.3 Å². The second-order valence-corrected chi connectivity index (χ2v) is 5.69. The number of piperidine rings is 1. The Hall–Kier alpha value is -0.750.